The predicted octanol–water partition coefficient (Wildman–Crippen LogP) is 2.29. The summed E-state index contributed by atoms with van der Waals surface area (Å²) >= 11 is 1.40. The number of nitrogens with one attached hydrogen (secondary N) is 1. The van der Waals surface area contributed by atoms with Crippen molar-refractivity contribution in [2.24, 2.45) is 0 Å². The third-order valence-electron chi connectivity index (χ3n) is 4.64. The molecule has 142 valence electrons. The molecule has 0 radical (unpaired) electrons. The molecular weight excluding hydrogens is 380 g/mol. The summed E-state index contributed by atoms with van der Waals surface area (Å²) in [6, 6.07) is 10.0. The number of hydrogen-bond acceptors (Lipinski definition) is 6. The Morgan fingerprint density at radius 3 is 2.82 bits per heavy atom. The number of esters is 1. The fraction of sp³-hybridized carbons (Fsp3) is 0.200. The van der Waals surface area contributed by atoms with Gasteiger partial charge in [-0.1, -0.05) is 0 Å². The lowest BCUT2D eigenvalue weighted by atomic mass is 10.1. The first-order valence-electron chi connectivity index (χ1n) is 8.67. The van der Waals surface area contributed by atoms with E-state index in [1.807, 2.05) is 0 Å². The monoisotopic (exact) mass is 396 g/mol. The van der Waals surface area contributed by atoms with E-state index in [1.54, 1.807) is 41.3 Å². The Kier molecular flexibility index (Phi) is 4.87. The zero-order valence-corrected chi connectivity index (χ0v) is 15.6. The third kappa shape index (κ3) is 3.50. The lowest BCUT2D eigenvalue weighted by molar-refractivity contribution is -0.114. The molecule has 2 aromatic carbocycles. The maximum absolute atomic E-state index is 12.4. The Hall–Kier alpha value is -3.13. The Morgan fingerprint density at radius 1 is 1.18 bits per heavy atom. The highest BCUT2D eigenvalue weighted by atomic mass is 32.2. The maximum Gasteiger partial charge on any atom is 0.338 e. The van der Waals surface area contributed by atoms with Crippen molar-refractivity contribution in [2.75, 3.05) is 29.1 Å². The van der Waals surface area contributed by atoms with Gasteiger partial charge in [-0.05, 0) is 48.4 Å². The van der Waals surface area contributed by atoms with Crippen molar-refractivity contribution in [3.05, 3.63) is 53.1 Å². The van der Waals surface area contributed by atoms with Crippen molar-refractivity contribution in [3.8, 4) is 0 Å². The first-order chi connectivity index (χ1) is 13.5. The molecule has 8 heteroatoms. The topological polar surface area (TPSA) is 92.8 Å². The molecule has 7 nitrogen and oxygen atoms in total. The number of benzene rings is 2. The second kappa shape index (κ2) is 7.47. The van der Waals surface area contributed by atoms with Gasteiger partial charge in [-0.3, -0.25) is 14.4 Å². The van der Waals surface area contributed by atoms with E-state index in [-0.39, 0.29) is 23.9 Å². The molecule has 0 saturated carbocycles. The highest BCUT2D eigenvalue weighted by molar-refractivity contribution is 8.00. The normalized spacial score (nSPS) is 14.7. The highest BCUT2D eigenvalue weighted by Crippen LogP contribution is 2.32. The van der Waals surface area contributed by atoms with E-state index in [1.165, 1.54) is 11.8 Å². The Bertz CT molecular complexity index is 1000. The number of rotatable bonds is 5. The largest absolute Gasteiger partial charge is 0.454 e. The van der Waals surface area contributed by atoms with Gasteiger partial charge in [-0.15, -0.1) is 11.8 Å². The lowest BCUT2D eigenvalue weighted by Gasteiger charge is -2.16. The minimum absolute atomic E-state index is 0.122. The van der Waals surface area contributed by atoms with E-state index >= 15 is 0 Å². The molecule has 0 atom stereocenters. The van der Waals surface area contributed by atoms with Crippen LogP contribution in [-0.4, -0.2) is 43.0 Å². The number of carbonyl (C=O) groups excluding carboxylic acids is 4. The number of nitrogens with zero attached hydrogens (tertiary/aromatic N) is 1. The number of hydrogen-bond donors (Lipinski definition) is 1. The molecule has 0 fully saturated rings. The van der Waals surface area contributed by atoms with Crippen molar-refractivity contribution in [3.63, 3.8) is 0 Å². The summed E-state index contributed by atoms with van der Waals surface area (Å²) in [4.78, 5) is 49.6. The molecule has 28 heavy (non-hydrogen) atoms. The second-order valence-electron chi connectivity index (χ2n) is 6.44. The van der Waals surface area contributed by atoms with E-state index < -0.39 is 5.97 Å². The van der Waals surface area contributed by atoms with Crippen LogP contribution >= 0.6 is 11.8 Å². The van der Waals surface area contributed by atoms with E-state index in [0.717, 1.165) is 22.6 Å². The van der Waals surface area contributed by atoms with Gasteiger partial charge in [0.1, 0.15) is 0 Å². The minimum atomic E-state index is -0.630. The molecule has 2 aliphatic heterocycles. The van der Waals surface area contributed by atoms with Crippen molar-refractivity contribution in [1.29, 1.82) is 0 Å². The van der Waals surface area contributed by atoms with Crippen LogP contribution < -0.4 is 10.2 Å². The number of carbonyl (C=O) groups is 4. The molecule has 4 rings (SSSR count). The van der Waals surface area contributed by atoms with Gasteiger partial charge in [0, 0.05) is 22.7 Å². The van der Waals surface area contributed by atoms with E-state index in [2.05, 4.69) is 5.32 Å². The average Bonchev–Trinajstić information content (AvgIpc) is 3.13. The third-order valence-corrected chi connectivity index (χ3v) is 5.72. The fourth-order valence-electron chi connectivity index (χ4n) is 3.22. The van der Waals surface area contributed by atoms with Crippen LogP contribution in [0.1, 0.15) is 26.3 Å². The Labute approximate surface area is 165 Å². The summed E-state index contributed by atoms with van der Waals surface area (Å²) in [5, 5.41) is 2.71. The summed E-state index contributed by atoms with van der Waals surface area (Å²) in [7, 11) is 0. The van der Waals surface area contributed by atoms with Gasteiger partial charge in [0.05, 0.1) is 17.0 Å². The van der Waals surface area contributed by atoms with Gasteiger partial charge in [0.25, 0.3) is 0 Å². The van der Waals surface area contributed by atoms with Gasteiger partial charge in [-0.2, -0.15) is 0 Å². The van der Waals surface area contributed by atoms with Crippen molar-refractivity contribution in [1.82, 2.24) is 0 Å². The van der Waals surface area contributed by atoms with Gasteiger partial charge >= 0.3 is 5.97 Å². The lowest BCUT2D eigenvalue weighted by Crippen LogP contribution is -2.19. The van der Waals surface area contributed by atoms with Crippen LogP contribution in [0.4, 0.5) is 11.4 Å². The smallest absolute Gasteiger partial charge is 0.338 e. The van der Waals surface area contributed by atoms with E-state index in [0.29, 0.717) is 30.0 Å². The minimum Gasteiger partial charge on any atom is -0.454 e. The molecular formula is C20H16N2O5S. The van der Waals surface area contributed by atoms with Crippen molar-refractivity contribution < 1.29 is 23.9 Å². The molecule has 2 aromatic rings. The average molecular weight is 396 g/mol. The van der Waals surface area contributed by atoms with Crippen molar-refractivity contribution >= 4 is 47.2 Å². The standard InChI is InChI=1S/C20H16N2O5S/c23-11-22-6-5-12-7-13(1-3-16(12)22)17(24)9-27-20(26)14-2-4-18-15(8-14)21-19(25)10-28-18/h1-4,7-8,11H,5-6,9-10H2,(H,21,25). The van der Waals surface area contributed by atoms with Gasteiger partial charge < -0.3 is 15.0 Å². The number of Topliss-reactive ketones (excluding diaryl/α,β-unsaturated/α-hetero) is 1. The zero-order valence-electron chi connectivity index (χ0n) is 14.8. The molecule has 0 aliphatic carbocycles. The molecule has 2 heterocycles. The number of ether oxygens (including phenoxy) is 1. The van der Waals surface area contributed by atoms with Crippen LogP contribution in [0, 0.1) is 0 Å². The van der Waals surface area contributed by atoms with Crippen LogP contribution in [-0.2, 0) is 20.7 Å². The summed E-state index contributed by atoms with van der Waals surface area (Å²) < 4.78 is 5.15. The number of amides is 2. The van der Waals surface area contributed by atoms with Gasteiger partial charge in [0.15, 0.2) is 12.4 Å². The van der Waals surface area contributed by atoms with Crippen LogP contribution in [0.5, 0.6) is 0 Å². The van der Waals surface area contributed by atoms with Crippen LogP contribution in [0.15, 0.2) is 41.3 Å². The Morgan fingerprint density at radius 2 is 2.00 bits per heavy atom. The van der Waals surface area contributed by atoms with Crippen LogP contribution in [0.3, 0.4) is 0 Å². The molecule has 0 bridgehead atoms. The SMILES string of the molecule is O=CN1CCc2cc(C(=O)COC(=O)c3ccc4c(c3)NC(=O)CS4)ccc21. The first-order valence-corrected chi connectivity index (χ1v) is 9.65. The Balaban J connectivity index is 1.41. The second-order valence-corrected chi connectivity index (χ2v) is 7.46. The first kappa shape index (κ1) is 18.2. The quantitative estimate of drug-likeness (QED) is 0.474. The fourth-order valence-corrected chi connectivity index (χ4v) is 4.01. The molecule has 0 unspecified atom stereocenters. The molecule has 0 aromatic heterocycles. The summed E-state index contributed by atoms with van der Waals surface area (Å²) in [6.07, 6.45) is 1.46. The van der Waals surface area contributed by atoms with Crippen molar-refractivity contribution in [2.45, 2.75) is 11.3 Å². The predicted molar refractivity (Wildman–Crippen MR) is 104 cm³/mol. The zero-order chi connectivity index (χ0) is 19.7. The molecule has 0 saturated heterocycles. The van der Waals surface area contributed by atoms with Crippen LogP contribution in [0.2, 0.25) is 0 Å². The van der Waals surface area contributed by atoms with Gasteiger partial charge in [0.2, 0.25) is 12.3 Å². The van der Waals surface area contributed by atoms with E-state index in [9.17, 15) is 19.2 Å². The number of anilines is 2. The number of fused-ring (bicyclic) bond motifs is 2. The highest BCUT2D eigenvalue weighted by Gasteiger charge is 2.21. The maximum atomic E-state index is 12.4. The molecule has 2 amide bonds. The number of thioether (sulfide) groups is 1. The number of ketones is 1. The van der Waals surface area contributed by atoms with Crippen LogP contribution in [0.25, 0.3) is 0 Å². The molecule has 2 aliphatic rings. The molecule has 1 N–H and O–H groups in total. The summed E-state index contributed by atoms with van der Waals surface area (Å²) in [5.41, 5.74) is 3.00. The summed E-state index contributed by atoms with van der Waals surface area (Å²) in [6.45, 7) is 0.214. The van der Waals surface area contributed by atoms with Gasteiger partial charge in [-0.25, -0.2) is 4.79 Å². The van der Waals surface area contributed by atoms with E-state index in [4.69, 9.17) is 4.74 Å². The molecule has 0 spiro atoms. The summed E-state index contributed by atoms with van der Waals surface area (Å²) in [5.74, 6) is -0.726.